The van der Waals surface area contributed by atoms with E-state index in [4.69, 9.17) is 13.9 Å². The number of aryl methyl sites for hydroxylation is 1. The van der Waals surface area contributed by atoms with Gasteiger partial charge in [0.15, 0.2) is 12.4 Å². The molecule has 2 aromatic carbocycles. The monoisotopic (exact) mass is 395 g/mol. The van der Waals surface area contributed by atoms with Gasteiger partial charge in [0.25, 0.3) is 5.91 Å². The van der Waals surface area contributed by atoms with Crippen LogP contribution in [-0.4, -0.2) is 30.9 Å². The molecule has 7 nitrogen and oxygen atoms in total. The van der Waals surface area contributed by atoms with Crippen LogP contribution in [0.1, 0.15) is 40.3 Å². The number of rotatable bonds is 7. The SMILES string of the molecule is CCOC(=O)c1c(C)oc2ccc(OCC(=O)Nc3cccc(C(C)=O)c3)cc12. The summed E-state index contributed by atoms with van der Waals surface area (Å²) in [6.45, 7) is 4.90. The van der Waals surface area contributed by atoms with Gasteiger partial charge in [0, 0.05) is 16.6 Å². The van der Waals surface area contributed by atoms with Crippen LogP contribution >= 0.6 is 0 Å². The number of benzene rings is 2. The highest BCUT2D eigenvalue weighted by molar-refractivity contribution is 6.05. The third-order valence-electron chi connectivity index (χ3n) is 4.24. The number of hydrogen-bond acceptors (Lipinski definition) is 6. The zero-order chi connectivity index (χ0) is 21.0. The Labute approximate surface area is 167 Å². The third-order valence-corrected chi connectivity index (χ3v) is 4.24. The number of esters is 1. The highest BCUT2D eigenvalue weighted by Gasteiger charge is 2.20. The maximum absolute atomic E-state index is 12.2. The van der Waals surface area contributed by atoms with E-state index >= 15 is 0 Å². The summed E-state index contributed by atoms with van der Waals surface area (Å²) in [5.74, 6) is -0.0579. The van der Waals surface area contributed by atoms with Crippen LogP contribution in [0.25, 0.3) is 11.0 Å². The first-order chi connectivity index (χ1) is 13.9. The first-order valence-electron chi connectivity index (χ1n) is 9.13. The van der Waals surface area contributed by atoms with Crippen molar-refractivity contribution in [2.24, 2.45) is 0 Å². The van der Waals surface area contributed by atoms with E-state index in [1.54, 1.807) is 56.3 Å². The van der Waals surface area contributed by atoms with Gasteiger partial charge < -0.3 is 19.2 Å². The van der Waals surface area contributed by atoms with Gasteiger partial charge in [-0.1, -0.05) is 12.1 Å². The number of Topliss-reactive ketones (excluding diaryl/α,β-unsaturated/α-hetero) is 1. The Morgan fingerprint density at radius 3 is 2.62 bits per heavy atom. The number of furan rings is 1. The number of fused-ring (bicyclic) bond motifs is 1. The lowest BCUT2D eigenvalue weighted by Gasteiger charge is -2.08. The normalized spacial score (nSPS) is 10.6. The Morgan fingerprint density at radius 2 is 1.90 bits per heavy atom. The van der Waals surface area contributed by atoms with Crippen LogP contribution in [0.15, 0.2) is 46.9 Å². The van der Waals surface area contributed by atoms with Gasteiger partial charge in [-0.05, 0) is 51.1 Å². The van der Waals surface area contributed by atoms with E-state index < -0.39 is 5.97 Å². The number of hydrogen-bond donors (Lipinski definition) is 1. The zero-order valence-corrected chi connectivity index (χ0v) is 16.4. The lowest BCUT2D eigenvalue weighted by molar-refractivity contribution is -0.118. The smallest absolute Gasteiger partial charge is 0.342 e. The predicted molar refractivity (Wildman–Crippen MR) is 107 cm³/mol. The molecule has 1 heterocycles. The maximum Gasteiger partial charge on any atom is 0.342 e. The van der Waals surface area contributed by atoms with Crippen molar-refractivity contribution in [1.29, 1.82) is 0 Å². The minimum absolute atomic E-state index is 0.0848. The largest absolute Gasteiger partial charge is 0.484 e. The zero-order valence-electron chi connectivity index (χ0n) is 16.4. The van der Waals surface area contributed by atoms with Gasteiger partial charge >= 0.3 is 5.97 Å². The second-order valence-electron chi connectivity index (χ2n) is 6.39. The second kappa shape index (κ2) is 8.60. The standard InChI is InChI=1S/C22H21NO6/c1-4-27-22(26)21-14(3)29-19-9-8-17(11-18(19)21)28-12-20(25)23-16-7-5-6-15(10-16)13(2)24/h5-11H,4,12H2,1-3H3,(H,23,25). The van der Waals surface area contributed by atoms with E-state index in [2.05, 4.69) is 5.32 Å². The summed E-state index contributed by atoms with van der Waals surface area (Å²) in [6.07, 6.45) is 0. The molecule has 1 aromatic heterocycles. The van der Waals surface area contributed by atoms with Crippen molar-refractivity contribution < 1.29 is 28.3 Å². The van der Waals surface area contributed by atoms with E-state index in [1.165, 1.54) is 6.92 Å². The van der Waals surface area contributed by atoms with E-state index in [9.17, 15) is 14.4 Å². The fraction of sp³-hybridized carbons (Fsp3) is 0.227. The van der Waals surface area contributed by atoms with Crippen molar-refractivity contribution in [3.8, 4) is 5.75 Å². The summed E-state index contributed by atoms with van der Waals surface area (Å²) in [6, 6.07) is 11.6. The van der Waals surface area contributed by atoms with E-state index in [1.807, 2.05) is 0 Å². The van der Waals surface area contributed by atoms with Crippen LogP contribution < -0.4 is 10.1 Å². The van der Waals surface area contributed by atoms with Gasteiger partial charge in [-0.15, -0.1) is 0 Å². The van der Waals surface area contributed by atoms with Crippen molar-refractivity contribution in [1.82, 2.24) is 0 Å². The second-order valence-corrected chi connectivity index (χ2v) is 6.39. The molecule has 0 radical (unpaired) electrons. The molecule has 0 saturated heterocycles. The maximum atomic E-state index is 12.2. The molecule has 0 fully saturated rings. The number of amides is 1. The molecule has 0 aliphatic carbocycles. The van der Waals surface area contributed by atoms with Crippen molar-refractivity contribution in [2.75, 3.05) is 18.5 Å². The number of carbonyl (C=O) groups excluding carboxylic acids is 3. The Morgan fingerprint density at radius 1 is 1.10 bits per heavy atom. The topological polar surface area (TPSA) is 94.8 Å². The molecular weight excluding hydrogens is 374 g/mol. The highest BCUT2D eigenvalue weighted by atomic mass is 16.5. The molecule has 3 rings (SSSR count). The van der Waals surface area contributed by atoms with Gasteiger partial charge in [0.1, 0.15) is 22.7 Å². The van der Waals surface area contributed by atoms with E-state index in [-0.39, 0.29) is 24.9 Å². The number of ketones is 1. The molecule has 7 heteroatoms. The Bertz CT molecular complexity index is 1080. The number of carbonyl (C=O) groups is 3. The van der Waals surface area contributed by atoms with Crippen LogP contribution in [0.5, 0.6) is 5.75 Å². The summed E-state index contributed by atoms with van der Waals surface area (Å²) in [4.78, 5) is 35.8. The fourth-order valence-corrected chi connectivity index (χ4v) is 2.91. The molecule has 150 valence electrons. The van der Waals surface area contributed by atoms with Gasteiger partial charge in [-0.2, -0.15) is 0 Å². The van der Waals surface area contributed by atoms with Gasteiger partial charge in [-0.25, -0.2) is 4.79 Å². The summed E-state index contributed by atoms with van der Waals surface area (Å²) in [7, 11) is 0. The molecule has 1 amide bonds. The van der Waals surface area contributed by atoms with Crippen LogP contribution in [-0.2, 0) is 9.53 Å². The molecule has 0 saturated carbocycles. The van der Waals surface area contributed by atoms with E-state index in [0.717, 1.165) is 0 Å². The Hall–Kier alpha value is -3.61. The average Bonchev–Trinajstić information content (AvgIpc) is 3.01. The molecule has 0 spiro atoms. The highest BCUT2D eigenvalue weighted by Crippen LogP contribution is 2.29. The minimum Gasteiger partial charge on any atom is -0.484 e. The summed E-state index contributed by atoms with van der Waals surface area (Å²) < 4.78 is 16.2. The predicted octanol–water partition coefficient (Wildman–Crippen LogP) is 4.14. The van der Waals surface area contributed by atoms with Crippen LogP contribution in [0.4, 0.5) is 5.69 Å². The lowest BCUT2D eigenvalue weighted by atomic mass is 10.1. The average molecular weight is 395 g/mol. The fourth-order valence-electron chi connectivity index (χ4n) is 2.91. The molecule has 0 aliphatic rings. The number of nitrogens with one attached hydrogen (secondary N) is 1. The minimum atomic E-state index is -0.469. The molecule has 0 bridgehead atoms. The molecule has 0 atom stereocenters. The molecule has 29 heavy (non-hydrogen) atoms. The van der Waals surface area contributed by atoms with Crippen molar-refractivity contribution in [3.63, 3.8) is 0 Å². The number of ether oxygens (including phenoxy) is 2. The van der Waals surface area contributed by atoms with Crippen LogP contribution in [0, 0.1) is 6.92 Å². The quantitative estimate of drug-likeness (QED) is 0.477. The molecule has 0 aliphatic heterocycles. The molecule has 0 unspecified atom stereocenters. The first-order valence-corrected chi connectivity index (χ1v) is 9.13. The summed E-state index contributed by atoms with van der Waals surface area (Å²) >= 11 is 0. The van der Waals surface area contributed by atoms with E-state index in [0.29, 0.717) is 39.3 Å². The van der Waals surface area contributed by atoms with Crippen LogP contribution in [0.2, 0.25) is 0 Å². The first kappa shape index (κ1) is 20.1. The number of anilines is 1. The molecule has 3 aromatic rings. The van der Waals surface area contributed by atoms with Crippen molar-refractivity contribution in [2.45, 2.75) is 20.8 Å². The van der Waals surface area contributed by atoms with Crippen molar-refractivity contribution in [3.05, 3.63) is 59.4 Å². The van der Waals surface area contributed by atoms with Gasteiger partial charge in [-0.3, -0.25) is 9.59 Å². The van der Waals surface area contributed by atoms with Crippen LogP contribution in [0.3, 0.4) is 0 Å². The third kappa shape index (κ3) is 4.63. The van der Waals surface area contributed by atoms with Crippen molar-refractivity contribution >= 4 is 34.3 Å². The van der Waals surface area contributed by atoms with Gasteiger partial charge in [0.2, 0.25) is 0 Å². The summed E-state index contributed by atoms with van der Waals surface area (Å²) in [5, 5.41) is 3.25. The van der Waals surface area contributed by atoms with Gasteiger partial charge in [0.05, 0.1) is 6.61 Å². The molecule has 1 N–H and O–H groups in total. The molecular formula is C22H21NO6. The Kier molecular flexibility index (Phi) is 5.97. The summed E-state index contributed by atoms with van der Waals surface area (Å²) in [5.41, 5.74) is 1.90. The lowest BCUT2D eigenvalue weighted by Crippen LogP contribution is -2.20. The Balaban J connectivity index is 1.71.